The van der Waals surface area contributed by atoms with Crippen molar-refractivity contribution in [3.8, 4) is 0 Å². The number of hydrogen-bond acceptors (Lipinski definition) is 1. The molecular formula is C27H36O. The predicted octanol–water partition coefficient (Wildman–Crippen LogP) is 6.85. The lowest BCUT2D eigenvalue weighted by atomic mass is 9.44. The zero-order valence-electron chi connectivity index (χ0n) is 17.6. The van der Waals surface area contributed by atoms with Crippen molar-refractivity contribution < 1.29 is 4.79 Å². The maximum Gasteiger partial charge on any atom is 0.139 e. The van der Waals surface area contributed by atoms with Crippen molar-refractivity contribution in [2.45, 2.75) is 77.6 Å². The van der Waals surface area contributed by atoms with Crippen LogP contribution in [-0.4, -0.2) is 5.78 Å². The Balaban J connectivity index is 1.49. The van der Waals surface area contributed by atoms with Crippen LogP contribution in [0.4, 0.5) is 0 Å². The van der Waals surface area contributed by atoms with E-state index < -0.39 is 0 Å². The SMILES string of the molecule is C=Cc1ccc(C[C@]23CCCCC2CC[C@@H]2[C@@H]3CC[C@]3(C)C(=O)CC[C@@H]23)cc1. The van der Waals surface area contributed by atoms with Crippen LogP contribution in [-0.2, 0) is 11.2 Å². The molecule has 4 aliphatic rings. The zero-order valence-corrected chi connectivity index (χ0v) is 17.6. The van der Waals surface area contributed by atoms with Crippen molar-refractivity contribution in [3.05, 3.63) is 42.0 Å². The zero-order chi connectivity index (χ0) is 19.4. The lowest BCUT2D eigenvalue weighted by Crippen LogP contribution is -2.54. The summed E-state index contributed by atoms with van der Waals surface area (Å²) in [6.45, 7) is 6.23. The summed E-state index contributed by atoms with van der Waals surface area (Å²) >= 11 is 0. The fourth-order valence-corrected chi connectivity index (χ4v) is 8.34. The van der Waals surface area contributed by atoms with Gasteiger partial charge in [0.1, 0.15) is 5.78 Å². The summed E-state index contributed by atoms with van der Waals surface area (Å²) in [6, 6.07) is 9.19. The summed E-state index contributed by atoms with van der Waals surface area (Å²) in [5, 5.41) is 0. The number of carbonyl (C=O) groups is 1. The standard InChI is InChI=1S/C27H36O/c1-3-19-7-9-20(10-8-19)18-27-16-5-4-6-21(27)11-12-22-23-13-14-25(28)26(23,2)17-15-24(22)27/h3,7-10,21-24H,1,4-6,11-18H2,2H3/t21?,22-,23-,24-,26-,27+/m0/s1. The minimum atomic E-state index is 0.00939. The van der Waals surface area contributed by atoms with E-state index in [1.54, 1.807) is 0 Å². The van der Waals surface area contributed by atoms with E-state index in [2.05, 4.69) is 37.8 Å². The largest absolute Gasteiger partial charge is 0.299 e. The molecule has 4 fully saturated rings. The third-order valence-corrected chi connectivity index (χ3v) is 9.74. The Morgan fingerprint density at radius 3 is 2.61 bits per heavy atom. The maximum absolute atomic E-state index is 12.7. The Labute approximate surface area is 171 Å². The van der Waals surface area contributed by atoms with Crippen LogP contribution in [0, 0.1) is 34.5 Å². The number of ketones is 1. The van der Waals surface area contributed by atoms with E-state index in [0.717, 1.165) is 30.6 Å². The van der Waals surface area contributed by atoms with Gasteiger partial charge in [-0.25, -0.2) is 0 Å². The van der Waals surface area contributed by atoms with Gasteiger partial charge in [0, 0.05) is 11.8 Å². The van der Waals surface area contributed by atoms with E-state index in [1.807, 2.05) is 6.08 Å². The van der Waals surface area contributed by atoms with E-state index in [1.165, 1.54) is 68.9 Å². The van der Waals surface area contributed by atoms with Gasteiger partial charge in [-0.1, -0.05) is 56.7 Å². The number of rotatable bonds is 3. The van der Waals surface area contributed by atoms with Crippen molar-refractivity contribution in [1.29, 1.82) is 0 Å². The summed E-state index contributed by atoms with van der Waals surface area (Å²) in [7, 11) is 0. The first-order valence-electron chi connectivity index (χ1n) is 11.8. The average Bonchev–Trinajstić information content (AvgIpc) is 3.03. The van der Waals surface area contributed by atoms with Crippen LogP contribution in [0.3, 0.4) is 0 Å². The van der Waals surface area contributed by atoms with Crippen LogP contribution in [0.2, 0.25) is 0 Å². The second-order valence-electron chi connectivity index (χ2n) is 10.7. The molecule has 0 aliphatic heterocycles. The van der Waals surface area contributed by atoms with Crippen molar-refractivity contribution in [1.82, 2.24) is 0 Å². The third-order valence-electron chi connectivity index (χ3n) is 9.74. The van der Waals surface area contributed by atoms with E-state index >= 15 is 0 Å². The molecule has 5 rings (SSSR count). The highest BCUT2D eigenvalue weighted by molar-refractivity contribution is 5.87. The lowest BCUT2D eigenvalue weighted by Gasteiger charge is -2.61. The molecule has 1 nitrogen and oxygen atoms in total. The molecule has 4 saturated carbocycles. The van der Waals surface area contributed by atoms with Crippen LogP contribution in [0.5, 0.6) is 0 Å². The molecule has 0 radical (unpaired) electrons. The van der Waals surface area contributed by atoms with Gasteiger partial charge < -0.3 is 0 Å². The van der Waals surface area contributed by atoms with Crippen molar-refractivity contribution >= 4 is 11.9 Å². The first-order valence-corrected chi connectivity index (χ1v) is 11.8. The molecule has 1 unspecified atom stereocenters. The Morgan fingerprint density at radius 1 is 1.00 bits per heavy atom. The van der Waals surface area contributed by atoms with Gasteiger partial charge in [-0.3, -0.25) is 4.79 Å². The molecule has 0 saturated heterocycles. The topological polar surface area (TPSA) is 17.1 Å². The monoisotopic (exact) mass is 376 g/mol. The van der Waals surface area contributed by atoms with Gasteiger partial charge in [0.05, 0.1) is 0 Å². The number of Topliss-reactive ketones (excluding diaryl/α,β-unsaturated/α-hetero) is 1. The Morgan fingerprint density at radius 2 is 1.82 bits per heavy atom. The van der Waals surface area contributed by atoms with Gasteiger partial charge in [-0.2, -0.15) is 0 Å². The van der Waals surface area contributed by atoms with Crippen LogP contribution >= 0.6 is 0 Å². The van der Waals surface area contributed by atoms with Crippen LogP contribution in [0.1, 0.15) is 82.3 Å². The molecule has 0 heterocycles. The molecule has 0 amide bonds. The van der Waals surface area contributed by atoms with Gasteiger partial charge in [0.25, 0.3) is 0 Å². The molecule has 150 valence electrons. The van der Waals surface area contributed by atoms with Gasteiger partial charge in [0.15, 0.2) is 0 Å². The fraction of sp³-hybridized carbons (Fsp3) is 0.667. The molecule has 0 spiro atoms. The highest BCUT2D eigenvalue weighted by Gasteiger charge is 2.60. The molecule has 0 bridgehead atoms. The smallest absolute Gasteiger partial charge is 0.139 e. The van der Waals surface area contributed by atoms with E-state index in [0.29, 0.717) is 17.1 Å². The summed E-state index contributed by atoms with van der Waals surface area (Å²) in [4.78, 5) is 12.7. The molecule has 4 aliphatic carbocycles. The van der Waals surface area contributed by atoms with E-state index in [-0.39, 0.29) is 5.41 Å². The second kappa shape index (κ2) is 6.85. The fourth-order valence-electron chi connectivity index (χ4n) is 8.34. The van der Waals surface area contributed by atoms with E-state index in [4.69, 9.17) is 0 Å². The van der Waals surface area contributed by atoms with Gasteiger partial charge in [0.2, 0.25) is 0 Å². The maximum atomic E-state index is 12.7. The number of fused-ring (bicyclic) bond motifs is 5. The lowest BCUT2D eigenvalue weighted by molar-refractivity contribution is -0.140. The molecule has 0 N–H and O–H groups in total. The first kappa shape index (κ1) is 18.6. The average molecular weight is 377 g/mol. The minimum absolute atomic E-state index is 0.00939. The van der Waals surface area contributed by atoms with Gasteiger partial charge >= 0.3 is 0 Å². The van der Waals surface area contributed by atoms with Crippen LogP contribution in [0.15, 0.2) is 30.8 Å². The molecule has 1 heteroatoms. The third kappa shape index (κ3) is 2.68. The first-order chi connectivity index (χ1) is 13.6. The molecule has 28 heavy (non-hydrogen) atoms. The molecule has 6 atom stereocenters. The normalized spacial score (nSPS) is 42.4. The van der Waals surface area contributed by atoms with Crippen LogP contribution < -0.4 is 0 Å². The molecule has 0 aromatic heterocycles. The predicted molar refractivity (Wildman–Crippen MR) is 116 cm³/mol. The Hall–Kier alpha value is -1.37. The Bertz CT molecular complexity index is 761. The summed E-state index contributed by atoms with van der Waals surface area (Å²) in [5.74, 6) is 3.79. The number of hydrogen-bond donors (Lipinski definition) is 0. The molecular weight excluding hydrogens is 340 g/mol. The molecule has 1 aromatic rings. The quantitative estimate of drug-likeness (QED) is 0.563. The second-order valence-corrected chi connectivity index (χ2v) is 10.7. The summed E-state index contributed by atoms with van der Waals surface area (Å²) < 4.78 is 0. The summed E-state index contributed by atoms with van der Waals surface area (Å²) in [5.41, 5.74) is 3.24. The van der Waals surface area contributed by atoms with Crippen LogP contribution in [0.25, 0.3) is 6.08 Å². The van der Waals surface area contributed by atoms with Crippen molar-refractivity contribution in [2.24, 2.45) is 34.5 Å². The Kier molecular flexibility index (Phi) is 4.56. The van der Waals surface area contributed by atoms with Crippen molar-refractivity contribution in [2.75, 3.05) is 0 Å². The van der Waals surface area contributed by atoms with Crippen molar-refractivity contribution in [3.63, 3.8) is 0 Å². The summed E-state index contributed by atoms with van der Waals surface area (Å²) in [6.07, 6.45) is 16.2. The minimum Gasteiger partial charge on any atom is -0.299 e. The van der Waals surface area contributed by atoms with E-state index in [9.17, 15) is 4.79 Å². The van der Waals surface area contributed by atoms with Gasteiger partial charge in [-0.05, 0) is 91.6 Å². The molecule has 1 aromatic carbocycles. The van der Waals surface area contributed by atoms with Gasteiger partial charge in [-0.15, -0.1) is 0 Å². The number of benzene rings is 1. The highest BCUT2D eigenvalue weighted by atomic mass is 16.1. The highest BCUT2D eigenvalue weighted by Crippen LogP contribution is 2.66. The number of carbonyl (C=O) groups excluding carboxylic acids is 1.